The summed E-state index contributed by atoms with van der Waals surface area (Å²) >= 11 is 0. The highest BCUT2D eigenvalue weighted by Crippen LogP contribution is 2.12. The summed E-state index contributed by atoms with van der Waals surface area (Å²) in [6.07, 6.45) is 0.214. The van der Waals surface area contributed by atoms with Crippen molar-refractivity contribution in [3.63, 3.8) is 0 Å². The molecule has 2 N–H and O–H groups in total. The van der Waals surface area contributed by atoms with Crippen LogP contribution in [0.15, 0.2) is 4.52 Å². The predicted molar refractivity (Wildman–Crippen MR) is 62.3 cm³/mol. The minimum Gasteiger partial charge on any atom is -0.376 e. The van der Waals surface area contributed by atoms with Crippen molar-refractivity contribution in [2.24, 2.45) is 5.73 Å². The van der Waals surface area contributed by atoms with Crippen LogP contribution in [-0.4, -0.2) is 29.5 Å². The Kier molecular flexibility index (Phi) is 5.04. The Balaban J connectivity index is 2.26. The molecule has 0 aliphatic carbocycles. The molecule has 0 aliphatic heterocycles. The van der Waals surface area contributed by atoms with Gasteiger partial charge in [-0.1, -0.05) is 5.16 Å². The first-order chi connectivity index (χ1) is 7.89. The van der Waals surface area contributed by atoms with Gasteiger partial charge in [0.05, 0.1) is 24.9 Å². The van der Waals surface area contributed by atoms with Gasteiger partial charge in [0.15, 0.2) is 5.82 Å². The maximum Gasteiger partial charge on any atom is 0.252 e. The van der Waals surface area contributed by atoms with E-state index in [1.165, 1.54) is 0 Å². The summed E-state index contributed by atoms with van der Waals surface area (Å²) in [5.41, 5.74) is 5.24. The number of hydrogen-bond donors (Lipinski definition) is 1. The predicted octanol–water partition coefficient (Wildman–Crippen LogP) is 1.21. The van der Waals surface area contributed by atoms with Gasteiger partial charge in [0.1, 0.15) is 6.61 Å². The van der Waals surface area contributed by atoms with E-state index in [0.29, 0.717) is 24.9 Å². The van der Waals surface area contributed by atoms with Gasteiger partial charge >= 0.3 is 0 Å². The van der Waals surface area contributed by atoms with Crippen LogP contribution < -0.4 is 5.73 Å². The minimum atomic E-state index is -0.595. The number of aromatic nitrogens is 2. The van der Waals surface area contributed by atoms with Crippen LogP contribution >= 0.6 is 0 Å². The fourth-order valence-corrected chi connectivity index (χ4v) is 1.08. The van der Waals surface area contributed by atoms with E-state index in [2.05, 4.69) is 10.1 Å². The molecule has 6 heteroatoms. The second-order valence-electron chi connectivity index (χ2n) is 4.71. The monoisotopic (exact) mass is 243 g/mol. The van der Waals surface area contributed by atoms with Crippen LogP contribution in [0, 0.1) is 0 Å². The fraction of sp³-hybridized carbons (Fsp3) is 0.818. The molecule has 0 aliphatic rings. The zero-order valence-electron chi connectivity index (χ0n) is 10.9. The third-order valence-corrected chi connectivity index (χ3v) is 1.95. The van der Waals surface area contributed by atoms with Crippen LogP contribution in [0.4, 0.5) is 0 Å². The SMILES string of the molecule is CC(C)OCCOCc1nc(C(C)(C)N)no1. The lowest BCUT2D eigenvalue weighted by molar-refractivity contribution is 0.00818. The van der Waals surface area contributed by atoms with Gasteiger partial charge < -0.3 is 19.7 Å². The molecule has 0 unspecified atom stereocenters. The van der Waals surface area contributed by atoms with Gasteiger partial charge in [-0.3, -0.25) is 0 Å². The number of ether oxygens (including phenoxy) is 2. The first-order valence-electron chi connectivity index (χ1n) is 5.71. The molecule has 0 saturated heterocycles. The van der Waals surface area contributed by atoms with Crippen LogP contribution in [0.2, 0.25) is 0 Å². The molecule has 98 valence electrons. The molecule has 1 aromatic rings. The molecule has 0 spiro atoms. The average Bonchev–Trinajstić information content (AvgIpc) is 2.64. The first-order valence-corrected chi connectivity index (χ1v) is 5.71. The van der Waals surface area contributed by atoms with Gasteiger partial charge in [-0.05, 0) is 27.7 Å². The largest absolute Gasteiger partial charge is 0.376 e. The van der Waals surface area contributed by atoms with Crippen molar-refractivity contribution in [1.29, 1.82) is 0 Å². The maximum absolute atomic E-state index is 5.83. The maximum atomic E-state index is 5.83. The average molecular weight is 243 g/mol. The van der Waals surface area contributed by atoms with Gasteiger partial charge in [-0.15, -0.1) is 0 Å². The van der Waals surface area contributed by atoms with Crippen LogP contribution in [0.25, 0.3) is 0 Å². The molecule has 0 fully saturated rings. The highest BCUT2D eigenvalue weighted by molar-refractivity contribution is 4.98. The van der Waals surface area contributed by atoms with E-state index in [1.807, 2.05) is 27.7 Å². The third kappa shape index (κ3) is 5.25. The molecule has 0 saturated carbocycles. The topological polar surface area (TPSA) is 83.4 Å². The van der Waals surface area contributed by atoms with Gasteiger partial charge in [0, 0.05) is 0 Å². The van der Waals surface area contributed by atoms with E-state index in [4.69, 9.17) is 19.7 Å². The lowest BCUT2D eigenvalue weighted by atomic mass is 10.1. The van der Waals surface area contributed by atoms with Crippen molar-refractivity contribution >= 4 is 0 Å². The summed E-state index contributed by atoms with van der Waals surface area (Å²) in [6.45, 7) is 8.94. The summed E-state index contributed by atoms with van der Waals surface area (Å²) in [6, 6.07) is 0. The molecular formula is C11H21N3O3. The zero-order valence-corrected chi connectivity index (χ0v) is 10.9. The van der Waals surface area contributed by atoms with Crippen molar-refractivity contribution < 1.29 is 14.0 Å². The number of rotatable bonds is 7. The normalized spacial score (nSPS) is 12.4. The van der Waals surface area contributed by atoms with Crippen molar-refractivity contribution in [2.45, 2.75) is 45.9 Å². The summed E-state index contributed by atoms with van der Waals surface area (Å²) in [4.78, 5) is 4.15. The summed E-state index contributed by atoms with van der Waals surface area (Å²) < 4.78 is 15.7. The van der Waals surface area contributed by atoms with E-state index >= 15 is 0 Å². The van der Waals surface area contributed by atoms with E-state index < -0.39 is 5.54 Å². The first kappa shape index (κ1) is 14.1. The Morgan fingerprint density at radius 3 is 2.59 bits per heavy atom. The van der Waals surface area contributed by atoms with Gasteiger partial charge in [-0.2, -0.15) is 4.98 Å². The van der Waals surface area contributed by atoms with E-state index in [9.17, 15) is 0 Å². The molecule has 0 aromatic carbocycles. The van der Waals surface area contributed by atoms with Gasteiger partial charge in [0.25, 0.3) is 5.89 Å². The van der Waals surface area contributed by atoms with E-state index in [1.54, 1.807) is 0 Å². The summed E-state index contributed by atoms with van der Waals surface area (Å²) in [5.74, 6) is 0.914. The fourth-order valence-electron chi connectivity index (χ4n) is 1.08. The van der Waals surface area contributed by atoms with Crippen LogP contribution in [0.3, 0.4) is 0 Å². The summed E-state index contributed by atoms with van der Waals surface area (Å²) in [5, 5.41) is 3.79. The van der Waals surface area contributed by atoms with Crippen LogP contribution in [-0.2, 0) is 21.6 Å². The number of nitrogens with two attached hydrogens (primary N) is 1. The Hall–Kier alpha value is -0.980. The third-order valence-electron chi connectivity index (χ3n) is 1.95. The zero-order chi connectivity index (χ0) is 12.9. The Bertz CT molecular complexity index is 331. The molecule has 0 bridgehead atoms. The van der Waals surface area contributed by atoms with Crippen molar-refractivity contribution in [1.82, 2.24) is 10.1 Å². The van der Waals surface area contributed by atoms with Gasteiger partial charge in [-0.25, -0.2) is 0 Å². The van der Waals surface area contributed by atoms with E-state index in [0.717, 1.165) is 0 Å². The number of hydrogen-bond acceptors (Lipinski definition) is 6. The van der Waals surface area contributed by atoms with E-state index in [-0.39, 0.29) is 12.7 Å². The molecule has 1 heterocycles. The second kappa shape index (κ2) is 6.09. The van der Waals surface area contributed by atoms with Crippen molar-refractivity contribution in [3.8, 4) is 0 Å². The molecule has 0 radical (unpaired) electrons. The smallest absolute Gasteiger partial charge is 0.252 e. The van der Waals surface area contributed by atoms with Gasteiger partial charge in [0.2, 0.25) is 0 Å². The quantitative estimate of drug-likeness (QED) is 0.724. The lowest BCUT2D eigenvalue weighted by Gasteiger charge is -2.11. The van der Waals surface area contributed by atoms with Crippen LogP contribution in [0.1, 0.15) is 39.4 Å². The Morgan fingerprint density at radius 1 is 1.35 bits per heavy atom. The molecule has 1 aromatic heterocycles. The van der Waals surface area contributed by atoms with Crippen LogP contribution in [0.5, 0.6) is 0 Å². The van der Waals surface area contributed by atoms with Crippen molar-refractivity contribution in [2.75, 3.05) is 13.2 Å². The highest BCUT2D eigenvalue weighted by atomic mass is 16.5. The standard InChI is InChI=1S/C11H21N3O3/c1-8(2)16-6-5-15-7-9-13-10(14-17-9)11(3,4)12/h8H,5-7,12H2,1-4H3. The molecular weight excluding hydrogens is 222 g/mol. The number of nitrogens with zero attached hydrogens (tertiary/aromatic N) is 2. The molecule has 0 amide bonds. The second-order valence-corrected chi connectivity index (χ2v) is 4.71. The molecule has 1 rings (SSSR count). The molecule has 17 heavy (non-hydrogen) atoms. The molecule has 0 atom stereocenters. The summed E-state index contributed by atoms with van der Waals surface area (Å²) in [7, 11) is 0. The highest BCUT2D eigenvalue weighted by Gasteiger charge is 2.21. The minimum absolute atomic E-state index is 0.214. The molecule has 6 nitrogen and oxygen atoms in total. The lowest BCUT2D eigenvalue weighted by Crippen LogP contribution is -2.30. The Morgan fingerprint density at radius 2 is 2.06 bits per heavy atom. The van der Waals surface area contributed by atoms with Crippen molar-refractivity contribution in [3.05, 3.63) is 11.7 Å². The Labute approximate surface area is 101 Å².